The summed E-state index contributed by atoms with van der Waals surface area (Å²) >= 11 is 0. The molecule has 0 amide bonds. The van der Waals surface area contributed by atoms with Gasteiger partial charge in [0, 0.05) is 18.4 Å². The Morgan fingerprint density at radius 1 is 1.32 bits per heavy atom. The van der Waals surface area contributed by atoms with Gasteiger partial charge in [0.25, 0.3) is 0 Å². The minimum Gasteiger partial charge on any atom is -0.458 e. The Balaban J connectivity index is 1.86. The van der Waals surface area contributed by atoms with Gasteiger partial charge in [0.15, 0.2) is 0 Å². The molecule has 3 aliphatic rings. The lowest BCUT2D eigenvalue weighted by atomic mass is 9.81. The summed E-state index contributed by atoms with van der Waals surface area (Å²) in [6, 6.07) is 0. The van der Waals surface area contributed by atoms with Crippen LogP contribution in [-0.2, 0) is 23.8 Å². The number of fused-ring (bicyclic) bond motifs is 2. The molecule has 0 aromatic heterocycles. The van der Waals surface area contributed by atoms with Gasteiger partial charge in [-0.25, -0.2) is 4.79 Å². The zero-order chi connectivity index (χ0) is 20.6. The van der Waals surface area contributed by atoms with Crippen LogP contribution in [0, 0.1) is 11.8 Å². The maximum absolute atomic E-state index is 12.3. The van der Waals surface area contributed by atoms with Crippen LogP contribution in [0.3, 0.4) is 0 Å². The number of ether oxygens (including phenoxy) is 3. The highest BCUT2D eigenvalue weighted by molar-refractivity contribution is 5.91. The van der Waals surface area contributed by atoms with Gasteiger partial charge in [0.2, 0.25) is 0 Å². The van der Waals surface area contributed by atoms with E-state index in [0.717, 1.165) is 24.8 Å². The van der Waals surface area contributed by atoms with Crippen LogP contribution in [0.15, 0.2) is 24.3 Å². The summed E-state index contributed by atoms with van der Waals surface area (Å²) in [6.45, 7) is 13.4. The molecule has 2 aliphatic heterocycles. The predicted molar refractivity (Wildman–Crippen MR) is 103 cm³/mol. The Morgan fingerprint density at radius 2 is 2.04 bits per heavy atom. The SMILES string of the molecule is C=C1CCCC(C)C(OC(C)=O)C2OC(=O)C(=C)C2CC2OC2(C)CCC1O. The first-order valence-electron chi connectivity index (χ1n) is 10.2. The fraction of sp³-hybridized carbons (Fsp3) is 0.727. The smallest absolute Gasteiger partial charge is 0.334 e. The van der Waals surface area contributed by atoms with Crippen molar-refractivity contribution in [3.63, 3.8) is 0 Å². The average Bonchev–Trinajstić information content (AvgIpc) is 3.19. The summed E-state index contributed by atoms with van der Waals surface area (Å²) in [5.74, 6) is -1.06. The summed E-state index contributed by atoms with van der Waals surface area (Å²) in [5, 5.41) is 10.4. The molecule has 3 fully saturated rings. The molecule has 7 atom stereocenters. The Bertz CT molecular complexity index is 670. The van der Waals surface area contributed by atoms with Gasteiger partial charge in [-0.2, -0.15) is 0 Å². The summed E-state index contributed by atoms with van der Waals surface area (Å²) in [7, 11) is 0. The third-order valence-electron chi connectivity index (χ3n) is 6.58. The van der Waals surface area contributed by atoms with E-state index in [2.05, 4.69) is 13.2 Å². The number of hydrogen-bond acceptors (Lipinski definition) is 6. The van der Waals surface area contributed by atoms with E-state index in [1.54, 1.807) is 0 Å². The van der Waals surface area contributed by atoms with Gasteiger partial charge < -0.3 is 19.3 Å². The van der Waals surface area contributed by atoms with Crippen molar-refractivity contribution < 1.29 is 28.9 Å². The molecule has 1 saturated carbocycles. The van der Waals surface area contributed by atoms with Gasteiger partial charge in [-0.3, -0.25) is 4.79 Å². The van der Waals surface area contributed by atoms with Crippen molar-refractivity contribution in [2.24, 2.45) is 11.8 Å². The van der Waals surface area contributed by atoms with E-state index in [-0.39, 0.29) is 23.5 Å². The van der Waals surface area contributed by atoms with E-state index < -0.39 is 30.3 Å². The number of esters is 2. The average molecular weight is 392 g/mol. The van der Waals surface area contributed by atoms with Gasteiger partial charge in [-0.05, 0) is 56.9 Å². The van der Waals surface area contributed by atoms with Crippen LogP contribution in [0.1, 0.15) is 59.3 Å². The van der Waals surface area contributed by atoms with Crippen molar-refractivity contribution >= 4 is 11.9 Å². The van der Waals surface area contributed by atoms with Crippen LogP contribution in [0.5, 0.6) is 0 Å². The lowest BCUT2D eigenvalue weighted by Gasteiger charge is -2.31. The zero-order valence-corrected chi connectivity index (χ0v) is 17.1. The standard InChI is InChI=1S/C22H32O6/c1-12-7-6-8-13(2)19(26-15(4)23)20-16(14(3)21(25)27-20)11-18-22(5,28-18)10-9-17(12)24/h13,16-20,24H,1,3,6-11H2,2,4-5H3. The van der Waals surface area contributed by atoms with E-state index >= 15 is 0 Å². The normalized spacial score (nSPS) is 42.1. The summed E-state index contributed by atoms with van der Waals surface area (Å²) in [5.41, 5.74) is 0.921. The molecule has 0 bridgehead atoms. The second-order valence-electron chi connectivity index (χ2n) is 8.81. The van der Waals surface area contributed by atoms with Gasteiger partial charge in [0.1, 0.15) is 12.2 Å². The maximum Gasteiger partial charge on any atom is 0.334 e. The number of epoxide rings is 1. The van der Waals surface area contributed by atoms with E-state index in [4.69, 9.17) is 14.2 Å². The molecule has 7 unspecified atom stereocenters. The van der Waals surface area contributed by atoms with Gasteiger partial charge >= 0.3 is 11.9 Å². The predicted octanol–water partition coefficient (Wildman–Crippen LogP) is 3.08. The molecule has 2 saturated heterocycles. The van der Waals surface area contributed by atoms with E-state index in [9.17, 15) is 14.7 Å². The largest absolute Gasteiger partial charge is 0.458 e. The third-order valence-corrected chi connectivity index (χ3v) is 6.58. The third kappa shape index (κ3) is 4.33. The van der Waals surface area contributed by atoms with Crippen molar-refractivity contribution in [2.75, 3.05) is 0 Å². The highest BCUT2D eigenvalue weighted by Gasteiger charge is 2.56. The summed E-state index contributed by atoms with van der Waals surface area (Å²) in [4.78, 5) is 24.0. The van der Waals surface area contributed by atoms with Crippen molar-refractivity contribution in [3.8, 4) is 0 Å². The lowest BCUT2D eigenvalue weighted by Crippen LogP contribution is -2.40. The first-order chi connectivity index (χ1) is 13.1. The van der Waals surface area contributed by atoms with Crippen LogP contribution in [0.4, 0.5) is 0 Å². The first-order valence-corrected chi connectivity index (χ1v) is 10.2. The Labute approximate surface area is 166 Å². The molecule has 2 heterocycles. The highest BCUT2D eigenvalue weighted by Crippen LogP contribution is 2.48. The number of aliphatic hydroxyl groups excluding tert-OH is 1. The van der Waals surface area contributed by atoms with Crippen LogP contribution >= 0.6 is 0 Å². The molecule has 0 aromatic rings. The molecule has 0 radical (unpaired) electrons. The van der Waals surface area contributed by atoms with Gasteiger partial charge in [0.05, 0.1) is 17.8 Å². The zero-order valence-electron chi connectivity index (χ0n) is 17.1. The van der Waals surface area contributed by atoms with Crippen LogP contribution in [0.2, 0.25) is 0 Å². The highest BCUT2D eigenvalue weighted by atomic mass is 16.6. The Kier molecular flexibility index (Phi) is 6.01. The molecule has 28 heavy (non-hydrogen) atoms. The van der Waals surface area contributed by atoms with Crippen LogP contribution < -0.4 is 0 Å². The fourth-order valence-electron chi connectivity index (χ4n) is 4.55. The monoisotopic (exact) mass is 392 g/mol. The van der Waals surface area contributed by atoms with E-state index in [1.165, 1.54) is 6.92 Å². The molecule has 3 rings (SSSR count). The van der Waals surface area contributed by atoms with E-state index in [1.807, 2.05) is 13.8 Å². The van der Waals surface area contributed by atoms with Crippen molar-refractivity contribution in [1.82, 2.24) is 0 Å². The van der Waals surface area contributed by atoms with E-state index in [0.29, 0.717) is 24.8 Å². The molecule has 6 nitrogen and oxygen atoms in total. The number of hydrogen-bond donors (Lipinski definition) is 1. The number of rotatable bonds is 1. The molecule has 1 N–H and O–H groups in total. The minimum atomic E-state index is -0.539. The lowest BCUT2D eigenvalue weighted by molar-refractivity contribution is -0.165. The topological polar surface area (TPSA) is 85.4 Å². The quantitative estimate of drug-likeness (QED) is 0.319. The first kappa shape index (κ1) is 21.1. The molecule has 0 spiro atoms. The minimum absolute atomic E-state index is 0.00510. The molecule has 6 heteroatoms. The fourth-order valence-corrected chi connectivity index (χ4v) is 4.55. The summed E-state index contributed by atoms with van der Waals surface area (Å²) in [6.07, 6.45) is 2.58. The van der Waals surface area contributed by atoms with Gasteiger partial charge in [-0.15, -0.1) is 0 Å². The van der Waals surface area contributed by atoms with Crippen molar-refractivity contribution in [3.05, 3.63) is 24.3 Å². The second-order valence-corrected chi connectivity index (χ2v) is 8.81. The van der Waals surface area contributed by atoms with Crippen molar-refractivity contribution in [2.45, 2.75) is 89.3 Å². The maximum atomic E-state index is 12.3. The number of carbonyl (C=O) groups excluding carboxylic acids is 2. The molecular weight excluding hydrogens is 360 g/mol. The number of carbonyl (C=O) groups is 2. The van der Waals surface area contributed by atoms with Crippen LogP contribution in [0.25, 0.3) is 0 Å². The Hall–Kier alpha value is -1.66. The number of aliphatic hydroxyl groups is 1. The molecular formula is C22H32O6. The second kappa shape index (κ2) is 7.99. The van der Waals surface area contributed by atoms with Crippen LogP contribution in [-0.4, -0.2) is 47.1 Å². The molecule has 156 valence electrons. The molecule has 1 aliphatic carbocycles. The van der Waals surface area contributed by atoms with Crippen molar-refractivity contribution in [1.29, 1.82) is 0 Å². The molecule has 0 aromatic carbocycles. The van der Waals surface area contributed by atoms with Gasteiger partial charge in [-0.1, -0.05) is 20.1 Å². The summed E-state index contributed by atoms with van der Waals surface area (Å²) < 4.78 is 17.2. The Morgan fingerprint density at radius 3 is 2.71 bits per heavy atom.